The Hall–Kier alpha value is -3.20. The van der Waals surface area contributed by atoms with Gasteiger partial charge in [0.1, 0.15) is 17.4 Å². The molecule has 5 rings (SSSR count). The number of nitrogens with zero attached hydrogens (tertiary/aromatic N) is 5. The molecular weight excluding hydrogens is 342 g/mol. The Labute approximate surface area is 145 Å². The molecule has 0 spiro atoms. The molecule has 8 nitrogen and oxygen atoms in total. The summed E-state index contributed by atoms with van der Waals surface area (Å²) >= 11 is 1.47. The lowest BCUT2D eigenvalue weighted by Crippen LogP contribution is -2.02. The van der Waals surface area contributed by atoms with E-state index in [-0.39, 0.29) is 13.4 Å². The molecule has 0 radical (unpaired) electrons. The molecule has 0 saturated carbocycles. The fraction of sp³-hybridized carbons (Fsp3) is 0.125. The molecule has 0 aliphatic carbocycles. The molecule has 124 valence electrons. The average molecular weight is 353 g/mol. The van der Waals surface area contributed by atoms with Crippen LogP contribution < -0.4 is 14.2 Å². The summed E-state index contributed by atoms with van der Waals surface area (Å²) in [5.74, 6) is 2.70. The third kappa shape index (κ3) is 2.54. The Morgan fingerprint density at radius 2 is 1.96 bits per heavy atom. The number of pyridine rings is 1. The summed E-state index contributed by atoms with van der Waals surface area (Å²) in [5, 5.41) is 13.7. The highest BCUT2D eigenvalue weighted by molar-refractivity contribution is 7.19. The van der Waals surface area contributed by atoms with Crippen molar-refractivity contribution in [3.05, 3.63) is 48.5 Å². The number of rotatable bonds is 4. The molecule has 0 unspecified atom stereocenters. The lowest BCUT2D eigenvalue weighted by Gasteiger charge is -2.05. The highest BCUT2D eigenvalue weighted by Crippen LogP contribution is 2.35. The van der Waals surface area contributed by atoms with Gasteiger partial charge >= 0.3 is 0 Å². The van der Waals surface area contributed by atoms with Crippen LogP contribution >= 0.6 is 11.3 Å². The van der Waals surface area contributed by atoms with Crippen molar-refractivity contribution >= 4 is 16.3 Å². The number of ether oxygens (including phenoxy) is 3. The Bertz CT molecular complexity index is 1050. The van der Waals surface area contributed by atoms with Crippen molar-refractivity contribution in [2.75, 3.05) is 6.79 Å². The molecule has 9 heteroatoms. The van der Waals surface area contributed by atoms with Crippen LogP contribution in [0, 0.1) is 0 Å². The van der Waals surface area contributed by atoms with E-state index >= 15 is 0 Å². The fourth-order valence-corrected chi connectivity index (χ4v) is 3.34. The van der Waals surface area contributed by atoms with Crippen molar-refractivity contribution in [1.29, 1.82) is 0 Å². The van der Waals surface area contributed by atoms with E-state index in [1.165, 1.54) is 11.3 Å². The maximum absolute atomic E-state index is 5.79. The maximum atomic E-state index is 5.79. The van der Waals surface area contributed by atoms with E-state index < -0.39 is 0 Å². The molecule has 0 bridgehead atoms. The Morgan fingerprint density at radius 3 is 2.88 bits per heavy atom. The van der Waals surface area contributed by atoms with Gasteiger partial charge in [-0.25, -0.2) is 0 Å². The number of fused-ring (bicyclic) bond motifs is 2. The minimum absolute atomic E-state index is 0.236. The summed E-state index contributed by atoms with van der Waals surface area (Å²) < 4.78 is 18.1. The van der Waals surface area contributed by atoms with Gasteiger partial charge in [0.15, 0.2) is 17.3 Å². The van der Waals surface area contributed by atoms with Crippen molar-refractivity contribution in [2.24, 2.45) is 0 Å². The molecule has 1 aliphatic rings. The van der Waals surface area contributed by atoms with Crippen LogP contribution in [-0.2, 0) is 6.61 Å². The van der Waals surface area contributed by atoms with Crippen LogP contribution in [-0.4, -0.2) is 31.6 Å². The van der Waals surface area contributed by atoms with E-state index in [9.17, 15) is 0 Å². The van der Waals surface area contributed by atoms with Crippen molar-refractivity contribution in [3.63, 3.8) is 0 Å². The van der Waals surface area contributed by atoms with Gasteiger partial charge in [-0.15, -0.1) is 10.2 Å². The molecule has 25 heavy (non-hydrogen) atoms. The first kappa shape index (κ1) is 14.2. The molecule has 4 aromatic rings. The monoisotopic (exact) mass is 353 g/mol. The first-order valence-electron chi connectivity index (χ1n) is 7.51. The van der Waals surface area contributed by atoms with E-state index in [4.69, 9.17) is 14.2 Å². The second-order valence-corrected chi connectivity index (χ2v) is 6.21. The van der Waals surface area contributed by atoms with Crippen LogP contribution in [0.1, 0.15) is 5.82 Å². The molecule has 0 N–H and O–H groups in total. The Morgan fingerprint density at radius 1 is 1.08 bits per heavy atom. The zero-order valence-electron chi connectivity index (χ0n) is 12.8. The molecule has 3 aromatic heterocycles. The van der Waals surface area contributed by atoms with Gasteiger partial charge in [-0.05, 0) is 24.3 Å². The lowest BCUT2D eigenvalue weighted by atomic mass is 10.3. The number of hydrogen-bond donors (Lipinski definition) is 0. The lowest BCUT2D eigenvalue weighted by molar-refractivity contribution is 0.173. The van der Waals surface area contributed by atoms with Gasteiger partial charge in [0.2, 0.25) is 11.8 Å². The molecule has 0 saturated heterocycles. The second-order valence-electron chi connectivity index (χ2n) is 5.26. The second kappa shape index (κ2) is 5.71. The minimum atomic E-state index is 0.236. The number of aromatic nitrogens is 5. The summed E-state index contributed by atoms with van der Waals surface area (Å²) in [6.07, 6.45) is 3.48. The summed E-state index contributed by atoms with van der Waals surface area (Å²) in [6.45, 7) is 0.487. The van der Waals surface area contributed by atoms with Crippen LogP contribution in [0.3, 0.4) is 0 Å². The van der Waals surface area contributed by atoms with E-state index in [1.54, 1.807) is 23.0 Å². The SMILES string of the molecule is c1cc(-c2nn3c(COc4ccc5c(c4)OCO5)nnc3s2)ccn1. The number of hydrogen-bond acceptors (Lipinski definition) is 8. The Balaban J connectivity index is 1.39. The zero-order chi connectivity index (χ0) is 16.6. The number of benzene rings is 1. The van der Waals surface area contributed by atoms with E-state index in [0.717, 1.165) is 21.3 Å². The molecule has 1 aromatic carbocycles. The van der Waals surface area contributed by atoms with Crippen molar-refractivity contribution < 1.29 is 14.2 Å². The van der Waals surface area contributed by atoms with E-state index in [1.807, 2.05) is 24.3 Å². The highest BCUT2D eigenvalue weighted by Gasteiger charge is 2.16. The molecule has 0 atom stereocenters. The van der Waals surface area contributed by atoms with Crippen LogP contribution in [0.2, 0.25) is 0 Å². The highest BCUT2D eigenvalue weighted by atomic mass is 32.1. The van der Waals surface area contributed by atoms with Crippen molar-refractivity contribution in [1.82, 2.24) is 24.8 Å². The van der Waals surface area contributed by atoms with Crippen LogP contribution in [0.4, 0.5) is 0 Å². The van der Waals surface area contributed by atoms with Gasteiger partial charge in [-0.1, -0.05) is 11.3 Å². The molecule has 1 aliphatic heterocycles. The van der Waals surface area contributed by atoms with Gasteiger partial charge in [0, 0.05) is 24.0 Å². The fourth-order valence-electron chi connectivity index (χ4n) is 2.47. The third-order valence-corrected chi connectivity index (χ3v) is 4.64. The third-order valence-electron chi connectivity index (χ3n) is 3.69. The maximum Gasteiger partial charge on any atom is 0.235 e. The van der Waals surface area contributed by atoms with Crippen molar-refractivity contribution in [3.8, 4) is 27.8 Å². The largest absolute Gasteiger partial charge is 0.485 e. The Kier molecular flexibility index (Phi) is 3.23. The van der Waals surface area contributed by atoms with Crippen molar-refractivity contribution in [2.45, 2.75) is 6.61 Å². The smallest absolute Gasteiger partial charge is 0.235 e. The quantitative estimate of drug-likeness (QED) is 0.557. The van der Waals surface area contributed by atoms with Gasteiger partial charge < -0.3 is 14.2 Å². The standard InChI is InChI=1S/C16H11N5O3S/c1-2-12-13(24-9-23-12)7-11(1)22-8-14-18-19-16-21(14)20-15(25-16)10-3-5-17-6-4-10/h1-7H,8-9H2. The van der Waals surface area contributed by atoms with Gasteiger partial charge in [-0.3, -0.25) is 4.98 Å². The predicted octanol–water partition coefficient (Wildman–Crippen LogP) is 2.56. The van der Waals surface area contributed by atoms with Gasteiger partial charge in [-0.2, -0.15) is 9.61 Å². The summed E-state index contributed by atoms with van der Waals surface area (Å²) in [4.78, 5) is 4.74. The zero-order valence-corrected chi connectivity index (χ0v) is 13.6. The first-order valence-corrected chi connectivity index (χ1v) is 8.32. The molecule has 0 amide bonds. The predicted molar refractivity (Wildman–Crippen MR) is 88.8 cm³/mol. The van der Waals surface area contributed by atoms with E-state index in [0.29, 0.717) is 17.3 Å². The summed E-state index contributed by atoms with van der Waals surface area (Å²) in [7, 11) is 0. The topological polar surface area (TPSA) is 83.7 Å². The molecule has 0 fully saturated rings. The first-order chi connectivity index (χ1) is 12.4. The summed E-state index contributed by atoms with van der Waals surface area (Å²) in [6, 6.07) is 9.27. The van der Waals surface area contributed by atoms with Gasteiger partial charge in [0.05, 0.1) is 0 Å². The van der Waals surface area contributed by atoms with Crippen LogP contribution in [0.15, 0.2) is 42.7 Å². The minimum Gasteiger partial charge on any atom is -0.485 e. The summed E-state index contributed by atoms with van der Waals surface area (Å²) in [5.41, 5.74) is 0.994. The van der Waals surface area contributed by atoms with Gasteiger partial charge in [0.25, 0.3) is 0 Å². The molecular formula is C16H11N5O3S. The van der Waals surface area contributed by atoms with Crippen LogP contribution in [0.5, 0.6) is 17.2 Å². The van der Waals surface area contributed by atoms with E-state index in [2.05, 4.69) is 20.3 Å². The van der Waals surface area contributed by atoms with Crippen LogP contribution in [0.25, 0.3) is 15.5 Å². The average Bonchev–Trinajstić information content (AvgIpc) is 3.36. The normalized spacial score (nSPS) is 12.6. The molecule has 4 heterocycles.